The molecule has 0 saturated carbocycles. The Kier molecular flexibility index (Phi) is 13.6. The quantitative estimate of drug-likeness (QED) is 0.0929. The van der Waals surface area contributed by atoms with Crippen molar-refractivity contribution >= 4 is 63.0 Å². The average molecular weight is 1170 g/mol. The summed E-state index contributed by atoms with van der Waals surface area (Å²) >= 11 is 4.61. The summed E-state index contributed by atoms with van der Waals surface area (Å²) in [5.41, 5.74) is 27.0. The SMILES string of the molecule is N=C1C(c2ccc(-n3c4ccc(-c5ccc(-c6ccccc6)cc5)cc4c4cc(-c5ccc(-c6ccccc6)cc5)ccc43)cc2)=CC=C(N(c2ccccc2)c2ccc(-c3ccc4c(c3)C(c3ccccc3)(c3ccccc3)c3ccccc3-4)cc2)C1=NS. The van der Waals surface area contributed by atoms with Crippen LogP contribution < -0.4 is 4.90 Å². The maximum atomic E-state index is 9.88. The molecule has 0 fully saturated rings. The molecule has 0 atom stereocenters. The van der Waals surface area contributed by atoms with Gasteiger partial charge < -0.3 is 9.47 Å². The summed E-state index contributed by atoms with van der Waals surface area (Å²) in [7, 11) is 0. The molecular weight excluding hydrogens is 1110 g/mol. The molecule has 0 unspecified atom stereocenters. The monoisotopic (exact) mass is 1170 g/mol. The van der Waals surface area contributed by atoms with Crippen LogP contribution in [0.4, 0.5) is 11.4 Å². The molecule has 0 spiro atoms. The lowest BCUT2D eigenvalue weighted by atomic mass is 9.67. The maximum Gasteiger partial charge on any atom is 0.121 e. The van der Waals surface area contributed by atoms with Gasteiger partial charge in [-0.05, 0) is 186 Å². The Morgan fingerprint density at radius 1 is 0.333 bits per heavy atom. The molecule has 1 aromatic heterocycles. The molecule has 5 heteroatoms. The van der Waals surface area contributed by atoms with E-state index in [4.69, 9.17) is 0 Å². The number of hydrogen-bond acceptors (Lipinski definition) is 4. The van der Waals surface area contributed by atoms with Crippen LogP contribution >= 0.6 is 12.8 Å². The Morgan fingerprint density at radius 3 is 1.24 bits per heavy atom. The highest BCUT2D eigenvalue weighted by molar-refractivity contribution is 7.79. The number of fused-ring (bicyclic) bond motifs is 6. The highest BCUT2D eigenvalue weighted by Gasteiger charge is 2.46. The Balaban J connectivity index is 0.742. The van der Waals surface area contributed by atoms with Gasteiger partial charge in [0.1, 0.15) is 5.71 Å². The molecule has 0 saturated heterocycles. The Hall–Kier alpha value is -11.4. The van der Waals surface area contributed by atoms with E-state index in [-0.39, 0.29) is 5.71 Å². The van der Waals surface area contributed by atoms with Crippen LogP contribution in [-0.4, -0.2) is 16.0 Å². The fraction of sp³-hybridized carbons (Fsp3) is 0.0118. The summed E-state index contributed by atoms with van der Waals surface area (Å²) in [5, 5.41) is 12.2. The van der Waals surface area contributed by atoms with Crippen molar-refractivity contribution in [3.05, 3.63) is 373 Å². The van der Waals surface area contributed by atoms with Crippen molar-refractivity contribution in [3.63, 3.8) is 0 Å². The third-order valence-electron chi connectivity index (χ3n) is 18.3. The van der Waals surface area contributed by atoms with Gasteiger partial charge in [-0.3, -0.25) is 5.41 Å². The number of nitrogens with zero attached hydrogens (tertiary/aromatic N) is 3. The van der Waals surface area contributed by atoms with Gasteiger partial charge >= 0.3 is 0 Å². The predicted molar refractivity (Wildman–Crippen MR) is 380 cm³/mol. The summed E-state index contributed by atoms with van der Waals surface area (Å²) < 4.78 is 6.96. The van der Waals surface area contributed by atoms with Crippen LogP contribution in [0.3, 0.4) is 0 Å². The molecule has 1 N–H and O–H groups in total. The second-order valence-corrected chi connectivity index (χ2v) is 23.4. The first kappa shape index (κ1) is 54.1. The summed E-state index contributed by atoms with van der Waals surface area (Å²) in [6.07, 6.45) is 4.13. The summed E-state index contributed by atoms with van der Waals surface area (Å²) in [6, 6.07) is 118. The van der Waals surface area contributed by atoms with E-state index in [0.29, 0.717) is 5.71 Å². The third-order valence-corrected chi connectivity index (χ3v) is 18.5. The molecule has 0 radical (unpaired) electrons. The number of nitrogens with one attached hydrogen (secondary N) is 1. The zero-order valence-corrected chi connectivity index (χ0v) is 50.0. The second-order valence-electron chi connectivity index (χ2n) is 23.2. The van der Waals surface area contributed by atoms with Gasteiger partial charge in [-0.25, -0.2) is 4.40 Å². The molecule has 1 heterocycles. The first-order valence-corrected chi connectivity index (χ1v) is 31.0. The first-order chi connectivity index (χ1) is 44.5. The van der Waals surface area contributed by atoms with E-state index >= 15 is 0 Å². The number of para-hydroxylation sites is 1. The molecule has 0 amide bonds. The molecular formula is C85H58N4S. The summed E-state index contributed by atoms with van der Waals surface area (Å²) in [6.45, 7) is 0. The molecule has 14 aromatic rings. The summed E-state index contributed by atoms with van der Waals surface area (Å²) in [4.78, 5) is 2.18. The van der Waals surface area contributed by atoms with Crippen LogP contribution in [-0.2, 0) is 5.41 Å². The van der Waals surface area contributed by atoms with E-state index in [0.717, 1.165) is 78.3 Å². The van der Waals surface area contributed by atoms with Gasteiger partial charge in [-0.1, -0.05) is 261 Å². The van der Waals surface area contributed by atoms with Crippen molar-refractivity contribution < 1.29 is 0 Å². The minimum Gasteiger partial charge on any atom is -0.309 e. The van der Waals surface area contributed by atoms with Crippen molar-refractivity contribution in [1.29, 1.82) is 5.41 Å². The minimum atomic E-state index is -0.498. The predicted octanol–water partition coefficient (Wildman–Crippen LogP) is 21.9. The average Bonchev–Trinajstić information content (AvgIpc) is 1.56. The second kappa shape index (κ2) is 22.7. The molecule has 90 heavy (non-hydrogen) atoms. The van der Waals surface area contributed by atoms with Gasteiger partial charge in [0.25, 0.3) is 0 Å². The fourth-order valence-electron chi connectivity index (χ4n) is 14.0. The van der Waals surface area contributed by atoms with Crippen molar-refractivity contribution in [2.45, 2.75) is 5.41 Å². The van der Waals surface area contributed by atoms with Crippen LogP contribution in [0.25, 0.3) is 99.8 Å². The number of rotatable bonds is 12. The highest BCUT2D eigenvalue weighted by atomic mass is 32.1. The number of hydrogen-bond donors (Lipinski definition) is 2. The van der Waals surface area contributed by atoms with Gasteiger partial charge in [0.05, 0.1) is 27.9 Å². The Bertz CT molecular complexity index is 4950. The number of aromatic nitrogens is 1. The van der Waals surface area contributed by atoms with Gasteiger partial charge in [-0.2, -0.15) is 0 Å². The minimum absolute atomic E-state index is 0.290. The van der Waals surface area contributed by atoms with Crippen molar-refractivity contribution in [2.75, 3.05) is 4.90 Å². The summed E-state index contributed by atoms with van der Waals surface area (Å²) in [5.74, 6) is 0. The zero-order chi connectivity index (χ0) is 60.1. The van der Waals surface area contributed by atoms with Crippen LogP contribution in [0.15, 0.2) is 350 Å². The Morgan fingerprint density at radius 2 is 0.722 bits per heavy atom. The first-order valence-electron chi connectivity index (χ1n) is 30.6. The van der Waals surface area contributed by atoms with Crippen LogP contribution in [0, 0.1) is 5.41 Å². The van der Waals surface area contributed by atoms with Gasteiger partial charge in [0.2, 0.25) is 0 Å². The standard InChI is InChI=1S/C85H58N4S/c86-83-73(64-40-47-72(48-41-64)89-80-51-43-65(61-34-30-59(31-35-61)57-18-6-1-7-19-57)54-76(80)77-55-66(44-52-81(77)89)62-36-32-60(33-37-62)58-20-8-2-9-21-58)50-53-82(84(83)87-90)88(70-26-14-5-15-27-70)71-45-38-63(39-46-71)67-42-49-75-74-28-16-17-29-78(74)85(79(75)56-67,68-22-10-3-11-23-68)69-24-12-4-13-25-69/h1-56,86,90H. The molecule has 0 aliphatic heterocycles. The molecule has 16 rings (SSSR count). The van der Waals surface area contributed by atoms with E-state index in [9.17, 15) is 5.41 Å². The molecule has 424 valence electrons. The van der Waals surface area contributed by atoms with E-state index in [1.54, 1.807) is 0 Å². The van der Waals surface area contributed by atoms with E-state index in [1.165, 1.54) is 66.4 Å². The molecule has 13 aromatic carbocycles. The lowest BCUT2D eigenvalue weighted by molar-refractivity contribution is 0.769. The lowest BCUT2D eigenvalue weighted by Gasteiger charge is -2.34. The Labute approximate surface area is 530 Å². The maximum absolute atomic E-state index is 9.88. The normalized spacial score (nSPS) is 13.7. The molecule has 0 bridgehead atoms. The fourth-order valence-corrected chi connectivity index (χ4v) is 14.2. The number of anilines is 2. The van der Waals surface area contributed by atoms with E-state index < -0.39 is 5.41 Å². The number of benzene rings is 13. The molecule has 2 aliphatic carbocycles. The molecule has 2 aliphatic rings. The lowest BCUT2D eigenvalue weighted by Crippen LogP contribution is -2.30. The van der Waals surface area contributed by atoms with Crippen molar-refractivity contribution in [3.8, 4) is 72.4 Å². The van der Waals surface area contributed by atoms with E-state index in [2.05, 4.69) is 348 Å². The zero-order valence-electron chi connectivity index (χ0n) is 49.1. The number of allylic oxidation sites excluding steroid dienone is 4. The smallest absolute Gasteiger partial charge is 0.121 e. The van der Waals surface area contributed by atoms with E-state index in [1.807, 2.05) is 18.2 Å². The number of thiol groups is 1. The molecule has 4 nitrogen and oxygen atoms in total. The third kappa shape index (κ3) is 9.25. The van der Waals surface area contributed by atoms with Crippen LogP contribution in [0.2, 0.25) is 0 Å². The van der Waals surface area contributed by atoms with Crippen LogP contribution in [0.1, 0.15) is 27.8 Å². The van der Waals surface area contributed by atoms with Gasteiger partial charge in [0.15, 0.2) is 0 Å². The van der Waals surface area contributed by atoms with Crippen molar-refractivity contribution in [1.82, 2.24) is 4.57 Å². The van der Waals surface area contributed by atoms with Crippen LogP contribution in [0.5, 0.6) is 0 Å². The van der Waals surface area contributed by atoms with Crippen molar-refractivity contribution in [2.24, 2.45) is 4.40 Å². The topological polar surface area (TPSA) is 44.4 Å². The largest absolute Gasteiger partial charge is 0.309 e. The van der Waals surface area contributed by atoms with Gasteiger partial charge in [0, 0.05) is 33.4 Å². The van der Waals surface area contributed by atoms with Gasteiger partial charge in [-0.15, -0.1) is 0 Å². The highest BCUT2D eigenvalue weighted by Crippen LogP contribution is 2.57.